The fourth-order valence-electron chi connectivity index (χ4n) is 2.94. The molecule has 2 N–H and O–H groups in total. The Balaban J connectivity index is 2.02. The summed E-state index contributed by atoms with van der Waals surface area (Å²) in [5, 5.41) is 0. The number of pyridine rings is 1. The molecule has 0 aliphatic carbocycles. The Labute approximate surface area is 127 Å². The summed E-state index contributed by atoms with van der Waals surface area (Å²) in [6, 6.07) is 7.78. The van der Waals surface area contributed by atoms with Gasteiger partial charge in [0.2, 0.25) is 5.88 Å². The third-order valence-corrected chi connectivity index (χ3v) is 4.00. The Morgan fingerprint density at radius 1 is 1.27 bits per heavy atom. The first-order valence-electron chi connectivity index (χ1n) is 6.94. The normalized spacial score (nSPS) is 21.5. The molecule has 112 valence electrons. The number of nitrogens with two attached hydrogens (primary N) is 1. The number of amidine groups is 1. The van der Waals surface area contributed by atoms with Crippen LogP contribution in [0.1, 0.15) is 16.7 Å². The number of aryl methyl sites for hydroxylation is 1. The highest BCUT2D eigenvalue weighted by molar-refractivity contribution is 5.76. The molecule has 1 unspecified atom stereocenters. The number of hydrogen-bond acceptors (Lipinski definition) is 6. The number of aliphatic imine (C=N–C) groups is 1. The van der Waals surface area contributed by atoms with E-state index >= 15 is 0 Å². The lowest BCUT2D eigenvalue weighted by Gasteiger charge is -2.32. The molecule has 0 fully saturated rings. The molecular formula is C16H15N3O3. The maximum absolute atomic E-state index is 5.92. The van der Waals surface area contributed by atoms with E-state index in [1.165, 1.54) is 0 Å². The van der Waals surface area contributed by atoms with E-state index < -0.39 is 5.54 Å². The van der Waals surface area contributed by atoms with Crippen molar-refractivity contribution in [2.24, 2.45) is 10.7 Å². The molecule has 2 aliphatic heterocycles. The Morgan fingerprint density at radius 3 is 2.86 bits per heavy atom. The van der Waals surface area contributed by atoms with Crippen molar-refractivity contribution in [2.75, 3.05) is 13.7 Å². The van der Waals surface area contributed by atoms with E-state index in [1.807, 2.05) is 31.2 Å². The molecule has 4 rings (SSSR count). The molecule has 2 aromatic rings. The maximum atomic E-state index is 5.92. The largest absolute Gasteiger partial charge is 0.497 e. The van der Waals surface area contributed by atoms with E-state index in [9.17, 15) is 0 Å². The van der Waals surface area contributed by atoms with E-state index in [1.54, 1.807) is 13.3 Å². The zero-order valence-corrected chi connectivity index (χ0v) is 12.3. The van der Waals surface area contributed by atoms with Crippen LogP contribution < -0.4 is 15.2 Å². The van der Waals surface area contributed by atoms with Crippen LogP contribution in [0.3, 0.4) is 0 Å². The molecule has 3 heterocycles. The van der Waals surface area contributed by atoms with Crippen LogP contribution in [0.15, 0.2) is 35.5 Å². The molecule has 2 aliphatic rings. The van der Waals surface area contributed by atoms with E-state index in [-0.39, 0.29) is 6.02 Å². The van der Waals surface area contributed by atoms with Crippen LogP contribution >= 0.6 is 0 Å². The topological polar surface area (TPSA) is 79.0 Å². The molecule has 0 saturated heterocycles. The second-order valence-electron chi connectivity index (χ2n) is 5.43. The number of nitrogens with zero attached hydrogens (tertiary/aromatic N) is 2. The molecule has 1 aromatic heterocycles. The van der Waals surface area contributed by atoms with Crippen LogP contribution in [0.2, 0.25) is 0 Å². The predicted octanol–water partition coefficient (Wildman–Crippen LogP) is 2.09. The van der Waals surface area contributed by atoms with E-state index in [2.05, 4.69) is 9.98 Å². The number of fused-ring (bicyclic) bond motifs is 4. The summed E-state index contributed by atoms with van der Waals surface area (Å²) in [5.74, 6) is 1.95. The molecule has 1 aromatic carbocycles. The summed E-state index contributed by atoms with van der Waals surface area (Å²) in [6.07, 6.45) is 1.77. The van der Waals surface area contributed by atoms with E-state index in [0.717, 1.165) is 22.4 Å². The van der Waals surface area contributed by atoms with E-state index in [0.29, 0.717) is 18.2 Å². The molecule has 6 nitrogen and oxygen atoms in total. The molecule has 0 amide bonds. The summed E-state index contributed by atoms with van der Waals surface area (Å²) in [5.41, 5.74) is 7.81. The van der Waals surface area contributed by atoms with Crippen molar-refractivity contribution in [2.45, 2.75) is 12.5 Å². The third kappa shape index (κ3) is 1.67. The van der Waals surface area contributed by atoms with Gasteiger partial charge in [0.25, 0.3) is 6.02 Å². The van der Waals surface area contributed by atoms with Crippen molar-refractivity contribution in [1.29, 1.82) is 0 Å². The molecule has 0 radical (unpaired) electrons. The molecule has 6 heteroatoms. The summed E-state index contributed by atoms with van der Waals surface area (Å²) in [6.45, 7) is 2.30. The van der Waals surface area contributed by atoms with Crippen molar-refractivity contribution in [3.63, 3.8) is 0 Å². The van der Waals surface area contributed by atoms with Gasteiger partial charge in [0.15, 0.2) is 5.54 Å². The molecule has 22 heavy (non-hydrogen) atoms. The zero-order chi connectivity index (χ0) is 15.3. The Morgan fingerprint density at radius 2 is 2.14 bits per heavy atom. The highest BCUT2D eigenvalue weighted by Crippen LogP contribution is 2.50. The van der Waals surface area contributed by atoms with Gasteiger partial charge in [-0.25, -0.2) is 9.98 Å². The molecule has 0 saturated carbocycles. The van der Waals surface area contributed by atoms with Crippen LogP contribution in [-0.2, 0) is 10.3 Å². The lowest BCUT2D eigenvalue weighted by atomic mass is 9.82. The number of rotatable bonds is 1. The lowest BCUT2D eigenvalue weighted by molar-refractivity contribution is 0.261. The fourth-order valence-corrected chi connectivity index (χ4v) is 2.94. The number of methoxy groups -OCH3 is 1. The summed E-state index contributed by atoms with van der Waals surface area (Å²) in [4.78, 5) is 8.96. The summed E-state index contributed by atoms with van der Waals surface area (Å²) in [7, 11) is 1.63. The smallest absolute Gasteiger partial charge is 0.283 e. The minimum absolute atomic E-state index is 0.170. The monoisotopic (exact) mass is 297 g/mol. The molecule has 0 bridgehead atoms. The standard InChI is InChI=1S/C16H15N3O3/c1-9-5-12-14(18-7-9)22-13-4-3-10(20-2)6-11(13)16(12)8-21-15(17)19-16/h3-7H,8H2,1-2H3,(H2,17,19). The van der Waals surface area contributed by atoms with Crippen LogP contribution in [0, 0.1) is 6.92 Å². The highest BCUT2D eigenvalue weighted by Gasteiger charge is 2.47. The fraction of sp³-hybridized carbons (Fsp3) is 0.250. The minimum atomic E-state index is -0.736. The highest BCUT2D eigenvalue weighted by atomic mass is 16.5. The van der Waals surface area contributed by atoms with Gasteiger partial charge in [-0.1, -0.05) is 0 Å². The van der Waals surface area contributed by atoms with Crippen LogP contribution in [0.4, 0.5) is 0 Å². The number of hydrogen-bond donors (Lipinski definition) is 1. The minimum Gasteiger partial charge on any atom is -0.497 e. The number of ether oxygens (including phenoxy) is 3. The van der Waals surface area contributed by atoms with Gasteiger partial charge in [-0.3, -0.25) is 0 Å². The van der Waals surface area contributed by atoms with Crippen LogP contribution in [0.5, 0.6) is 17.4 Å². The van der Waals surface area contributed by atoms with Crippen molar-refractivity contribution in [3.05, 3.63) is 47.2 Å². The summed E-state index contributed by atoms with van der Waals surface area (Å²) < 4.78 is 16.7. The first-order valence-corrected chi connectivity index (χ1v) is 6.94. The van der Waals surface area contributed by atoms with Crippen LogP contribution in [-0.4, -0.2) is 24.7 Å². The SMILES string of the molecule is COc1ccc2c(c1)C1(COC(N)=N1)c1cc(C)cnc1O2. The van der Waals surface area contributed by atoms with Gasteiger partial charge < -0.3 is 19.9 Å². The Bertz CT molecular complexity index is 803. The summed E-state index contributed by atoms with van der Waals surface area (Å²) >= 11 is 0. The quantitative estimate of drug-likeness (QED) is 0.872. The second-order valence-corrected chi connectivity index (χ2v) is 5.43. The molecule has 1 atom stereocenters. The van der Waals surface area contributed by atoms with Crippen molar-refractivity contribution in [3.8, 4) is 17.4 Å². The van der Waals surface area contributed by atoms with Gasteiger partial charge in [-0.15, -0.1) is 0 Å². The van der Waals surface area contributed by atoms with Crippen LogP contribution in [0.25, 0.3) is 0 Å². The van der Waals surface area contributed by atoms with Gasteiger partial charge in [0, 0.05) is 11.8 Å². The molecular weight excluding hydrogens is 282 g/mol. The van der Waals surface area contributed by atoms with Gasteiger partial charge >= 0.3 is 0 Å². The number of benzene rings is 1. The van der Waals surface area contributed by atoms with Gasteiger partial charge in [-0.2, -0.15) is 0 Å². The third-order valence-electron chi connectivity index (χ3n) is 4.00. The zero-order valence-electron chi connectivity index (χ0n) is 12.3. The maximum Gasteiger partial charge on any atom is 0.283 e. The van der Waals surface area contributed by atoms with Crippen molar-refractivity contribution in [1.82, 2.24) is 4.98 Å². The predicted molar refractivity (Wildman–Crippen MR) is 80.4 cm³/mol. The average molecular weight is 297 g/mol. The first-order chi connectivity index (χ1) is 10.6. The van der Waals surface area contributed by atoms with Crippen molar-refractivity contribution >= 4 is 6.02 Å². The second kappa shape index (κ2) is 4.37. The number of aromatic nitrogens is 1. The Kier molecular flexibility index (Phi) is 2.57. The first kappa shape index (κ1) is 12.9. The van der Waals surface area contributed by atoms with Gasteiger partial charge in [-0.05, 0) is 36.8 Å². The van der Waals surface area contributed by atoms with Gasteiger partial charge in [0.1, 0.15) is 18.1 Å². The molecule has 1 spiro atoms. The lowest BCUT2D eigenvalue weighted by Crippen LogP contribution is -2.31. The van der Waals surface area contributed by atoms with Gasteiger partial charge in [0.05, 0.1) is 12.7 Å². The van der Waals surface area contributed by atoms with Crippen molar-refractivity contribution < 1.29 is 14.2 Å². The average Bonchev–Trinajstić information content (AvgIpc) is 2.91. The Hall–Kier alpha value is -2.76. The van der Waals surface area contributed by atoms with E-state index in [4.69, 9.17) is 19.9 Å².